The number of aryl methyl sites for hydroxylation is 1. The summed E-state index contributed by atoms with van der Waals surface area (Å²) in [5.41, 5.74) is 0.620. The number of aromatic nitrogens is 1. The van der Waals surface area contributed by atoms with E-state index in [0.717, 1.165) is 17.4 Å². The number of carboxylic acids is 1. The Hall–Kier alpha value is -2.28. The normalized spacial score (nSPS) is 10.3. The molecule has 0 fully saturated rings. The van der Waals surface area contributed by atoms with E-state index in [1.165, 1.54) is 18.2 Å². The first kappa shape index (κ1) is 14.1. The van der Waals surface area contributed by atoms with Crippen molar-refractivity contribution >= 4 is 23.2 Å². The number of carbonyl (C=O) groups is 2. The lowest BCUT2D eigenvalue weighted by Gasteiger charge is -2.02. The monoisotopic (exact) mass is 294 g/mol. The molecule has 0 radical (unpaired) electrons. The number of benzene rings is 1. The van der Waals surface area contributed by atoms with Gasteiger partial charge in [0.05, 0.1) is 12.2 Å². The maximum absolute atomic E-state index is 13.0. The molecule has 0 aliphatic rings. The van der Waals surface area contributed by atoms with Gasteiger partial charge in [0, 0.05) is 5.56 Å². The molecule has 20 heavy (non-hydrogen) atoms. The van der Waals surface area contributed by atoms with Crippen molar-refractivity contribution in [2.45, 2.75) is 13.5 Å². The zero-order valence-corrected chi connectivity index (χ0v) is 11.3. The summed E-state index contributed by atoms with van der Waals surface area (Å²) in [4.78, 5) is 26.9. The highest BCUT2D eigenvalue weighted by Crippen LogP contribution is 2.17. The molecular weight excluding hydrogens is 283 g/mol. The zero-order valence-electron chi connectivity index (χ0n) is 10.5. The Kier molecular flexibility index (Phi) is 4.09. The SMILES string of the molecule is Cc1nc(CNC(=O)c2cccc(F)c2)sc1C(=O)O. The Morgan fingerprint density at radius 1 is 1.45 bits per heavy atom. The quantitative estimate of drug-likeness (QED) is 0.906. The summed E-state index contributed by atoms with van der Waals surface area (Å²) < 4.78 is 13.0. The van der Waals surface area contributed by atoms with E-state index >= 15 is 0 Å². The number of aromatic carboxylic acids is 1. The highest BCUT2D eigenvalue weighted by Gasteiger charge is 2.14. The molecule has 2 rings (SSSR count). The fourth-order valence-electron chi connectivity index (χ4n) is 1.61. The number of nitrogens with zero attached hydrogens (tertiary/aromatic N) is 1. The molecule has 0 aliphatic heterocycles. The molecule has 2 aromatic rings. The minimum Gasteiger partial charge on any atom is -0.477 e. The Bertz CT molecular complexity index is 669. The molecule has 0 unspecified atom stereocenters. The van der Waals surface area contributed by atoms with Crippen molar-refractivity contribution in [3.05, 3.63) is 51.2 Å². The highest BCUT2D eigenvalue weighted by molar-refractivity contribution is 7.13. The molecule has 104 valence electrons. The summed E-state index contributed by atoms with van der Waals surface area (Å²) in [5, 5.41) is 12.0. The van der Waals surface area contributed by atoms with Gasteiger partial charge >= 0.3 is 5.97 Å². The summed E-state index contributed by atoms with van der Waals surface area (Å²) in [6.07, 6.45) is 0. The van der Waals surface area contributed by atoms with E-state index in [1.807, 2.05) is 0 Å². The second-order valence-electron chi connectivity index (χ2n) is 4.02. The van der Waals surface area contributed by atoms with Crippen molar-refractivity contribution in [2.75, 3.05) is 0 Å². The van der Waals surface area contributed by atoms with Gasteiger partial charge in [-0.05, 0) is 25.1 Å². The van der Waals surface area contributed by atoms with Gasteiger partial charge in [-0.3, -0.25) is 4.79 Å². The van der Waals surface area contributed by atoms with Gasteiger partial charge in [0.15, 0.2) is 0 Å². The maximum atomic E-state index is 13.0. The second-order valence-corrected chi connectivity index (χ2v) is 5.10. The van der Waals surface area contributed by atoms with Crippen molar-refractivity contribution in [3.8, 4) is 0 Å². The van der Waals surface area contributed by atoms with Gasteiger partial charge in [0.1, 0.15) is 15.7 Å². The topological polar surface area (TPSA) is 79.3 Å². The fourth-order valence-corrected chi connectivity index (χ4v) is 2.46. The van der Waals surface area contributed by atoms with E-state index in [0.29, 0.717) is 10.7 Å². The van der Waals surface area contributed by atoms with Crippen LogP contribution in [0.3, 0.4) is 0 Å². The van der Waals surface area contributed by atoms with Gasteiger partial charge in [-0.15, -0.1) is 11.3 Å². The fraction of sp³-hybridized carbons (Fsp3) is 0.154. The Labute approximate surface area is 118 Å². The number of thiazole rings is 1. The number of hydrogen-bond acceptors (Lipinski definition) is 4. The minimum atomic E-state index is -1.04. The van der Waals surface area contributed by atoms with Gasteiger partial charge in [0.2, 0.25) is 0 Å². The van der Waals surface area contributed by atoms with E-state index in [9.17, 15) is 14.0 Å². The molecule has 0 saturated carbocycles. The van der Waals surface area contributed by atoms with Crippen LogP contribution in [0.5, 0.6) is 0 Å². The first-order valence-corrected chi connectivity index (χ1v) is 6.52. The van der Waals surface area contributed by atoms with E-state index < -0.39 is 17.7 Å². The lowest BCUT2D eigenvalue weighted by atomic mass is 10.2. The minimum absolute atomic E-state index is 0.105. The third-order valence-corrected chi connectivity index (χ3v) is 3.67. The number of nitrogens with one attached hydrogen (secondary N) is 1. The largest absolute Gasteiger partial charge is 0.477 e. The molecule has 0 atom stereocenters. The average molecular weight is 294 g/mol. The van der Waals surface area contributed by atoms with Crippen LogP contribution in [0, 0.1) is 12.7 Å². The molecule has 5 nitrogen and oxygen atoms in total. The maximum Gasteiger partial charge on any atom is 0.347 e. The van der Waals surface area contributed by atoms with E-state index in [-0.39, 0.29) is 17.0 Å². The lowest BCUT2D eigenvalue weighted by molar-refractivity contribution is 0.0701. The van der Waals surface area contributed by atoms with Crippen LogP contribution in [-0.2, 0) is 6.54 Å². The van der Waals surface area contributed by atoms with Crippen LogP contribution >= 0.6 is 11.3 Å². The van der Waals surface area contributed by atoms with Crippen LogP contribution in [-0.4, -0.2) is 22.0 Å². The number of carbonyl (C=O) groups excluding carboxylic acids is 1. The van der Waals surface area contributed by atoms with E-state index in [2.05, 4.69) is 10.3 Å². The molecular formula is C13H11FN2O3S. The number of halogens is 1. The summed E-state index contributed by atoms with van der Waals surface area (Å²) in [6.45, 7) is 1.70. The smallest absolute Gasteiger partial charge is 0.347 e. The Morgan fingerprint density at radius 3 is 2.80 bits per heavy atom. The van der Waals surface area contributed by atoms with Crippen LogP contribution < -0.4 is 5.32 Å². The standard InChI is InChI=1S/C13H11FN2O3S/c1-7-11(13(18)19)20-10(16-7)6-15-12(17)8-3-2-4-9(14)5-8/h2-5H,6H2,1H3,(H,15,17)(H,18,19). The van der Waals surface area contributed by atoms with E-state index in [4.69, 9.17) is 5.11 Å². The third-order valence-electron chi connectivity index (χ3n) is 2.52. The molecule has 0 aliphatic carbocycles. The predicted octanol–water partition coefficient (Wildman–Crippen LogP) is 2.22. The van der Waals surface area contributed by atoms with Gasteiger partial charge in [-0.1, -0.05) is 6.07 Å². The first-order chi connectivity index (χ1) is 9.47. The van der Waals surface area contributed by atoms with Crippen molar-refractivity contribution in [3.63, 3.8) is 0 Å². The average Bonchev–Trinajstić information content (AvgIpc) is 2.77. The highest BCUT2D eigenvalue weighted by atomic mass is 32.1. The van der Waals surface area contributed by atoms with Crippen molar-refractivity contribution in [1.82, 2.24) is 10.3 Å². The van der Waals surface area contributed by atoms with Crippen LogP contribution in [0.25, 0.3) is 0 Å². The summed E-state index contributed by atoms with van der Waals surface area (Å²) in [5.74, 6) is -1.96. The van der Waals surface area contributed by atoms with E-state index in [1.54, 1.807) is 6.92 Å². The van der Waals surface area contributed by atoms with Crippen molar-refractivity contribution in [2.24, 2.45) is 0 Å². The van der Waals surface area contributed by atoms with Crippen LogP contribution in [0.15, 0.2) is 24.3 Å². The molecule has 1 heterocycles. The number of amides is 1. The van der Waals surface area contributed by atoms with Gasteiger partial charge in [-0.2, -0.15) is 0 Å². The summed E-state index contributed by atoms with van der Waals surface area (Å²) >= 11 is 1.01. The molecule has 2 N–H and O–H groups in total. The van der Waals surface area contributed by atoms with Crippen LogP contribution in [0.2, 0.25) is 0 Å². The molecule has 1 aromatic heterocycles. The molecule has 7 heteroatoms. The Morgan fingerprint density at radius 2 is 2.20 bits per heavy atom. The lowest BCUT2D eigenvalue weighted by Crippen LogP contribution is -2.22. The summed E-state index contributed by atoms with van der Waals surface area (Å²) in [7, 11) is 0. The third kappa shape index (κ3) is 3.18. The van der Waals surface area contributed by atoms with Crippen molar-refractivity contribution in [1.29, 1.82) is 0 Å². The number of carboxylic acid groups (broad SMARTS) is 1. The number of rotatable bonds is 4. The molecule has 0 saturated heterocycles. The van der Waals surface area contributed by atoms with Crippen LogP contribution in [0.4, 0.5) is 4.39 Å². The van der Waals surface area contributed by atoms with Gasteiger partial charge in [0.25, 0.3) is 5.91 Å². The summed E-state index contributed by atoms with van der Waals surface area (Å²) in [6, 6.07) is 5.32. The second kappa shape index (κ2) is 5.79. The molecule has 0 bridgehead atoms. The molecule has 1 amide bonds. The predicted molar refractivity (Wildman–Crippen MR) is 71.4 cm³/mol. The number of hydrogen-bond donors (Lipinski definition) is 2. The molecule has 0 spiro atoms. The van der Waals surface area contributed by atoms with Crippen molar-refractivity contribution < 1.29 is 19.1 Å². The zero-order chi connectivity index (χ0) is 14.7. The van der Waals surface area contributed by atoms with Gasteiger partial charge in [-0.25, -0.2) is 14.2 Å². The Balaban J connectivity index is 2.04. The molecule has 1 aromatic carbocycles. The van der Waals surface area contributed by atoms with Gasteiger partial charge < -0.3 is 10.4 Å². The van der Waals surface area contributed by atoms with Crippen LogP contribution in [0.1, 0.15) is 30.7 Å². The first-order valence-electron chi connectivity index (χ1n) is 5.70.